The van der Waals surface area contributed by atoms with Crippen molar-refractivity contribution in [3.8, 4) is 0 Å². The van der Waals surface area contributed by atoms with E-state index in [0.717, 1.165) is 21.7 Å². The number of carbonyl (C=O) groups excluding carboxylic acids is 3. The molecule has 1 saturated heterocycles. The van der Waals surface area contributed by atoms with Gasteiger partial charge in [-0.2, -0.15) is 26.3 Å². The van der Waals surface area contributed by atoms with Gasteiger partial charge in [-0.1, -0.05) is 12.1 Å². The summed E-state index contributed by atoms with van der Waals surface area (Å²) in [5, 5.41) is 3.24. The number of aryl methyl sites for hydroxylation is 1. The maximum absolute atomic E-state index is 12.7. The van der Waals surface area contributed by atoms with Gasteiger partial charge in [0.15, 0.2) is 0 Å². The number of nitrogens with one attached hydrogen (secondary N) is 1. The lowest BCUT2D eigenvalue weighted by Gasteiger charge is -2.35. The molecule has 1 atom stereocenters. The Morgan fingerprint density at radius 2 is 1.61 bits per heavy atom. The van der Waals surface area contributed by atoms with Crippen molar-refractivity contribution in [1.29, 1.82) is 0 Å². The van der Waals surface area contributed by atoms with Crippen LogP contribution in [0.3, 0.4) is 0 Å². The highest BCUT2D eigenvalue weighted by molar-refractivity contribution is 5.70. The first-order chi connectivity index (χ1) is 19.1. The molecule has 1 aromatic rings. The summed E-state index contributed by atoms with van der Waals surface area (Å²) in [5.74, 6) is -0.568. The molecule has 1 aliphatic rings. The molecule has 0 radical (unpaired) electrons. The van der Waals surface area contributed by atoms with Gasteiger partial charge in [0.2, 0.25) is 6.29 Å². The van der Waals surface area contributed by atoms with Crippen molar-refractivity contribution in [2.24, 2.45) is 0 Å². The second kappa shape index (κ2) is 15.0. The SMILES string of the molecule is CCOC(=O)OC(C)OC(=O)CCCNc1cc(C)ccc1CN1CCN(C(=O)OC(C(F)(F)F)C(F)(F)F)CC1. The molecule has 232 valence electrons. The second-order valence-corrected chi connectivity index (χ2v) is 9.16. The number of rotatable bonds is 11. The van der Waals surface area contributed by atoms with E-state index in [9.17, 15) is 40.7 Å². The molecule has 1 aliphatic heterocycles. The van der Waals surface area contributed by atoms with E-state index in [1.807, 2.05) is 30.0 Å². The number of benzene rings is 1. The minimum atomic E-state index is -5.78. The molecule has 1 unspecified atom stereocenters. The van der Waals surface area contributed by atoms with E-state index < -0.39 is 43.0 Å². The largest absolute Gasteiger partial charge is 0.511 e. The molecule has 0 bridgehead atoms. The van der Waals surface area contributed by atoms with Gasteiger partial charge in [-0.05, 0) is 37.5 Å². The summed E-state index contributed by atoms with van der Waals surface area (Å²) in [7, 11) is 0. The van der Waals surface area contributed by atoms with Crippen LogP contribution >= 0.6 is 0 Å². The third-order valence-corrected chi connectivity index (χ3v) is 5.80. The zero-order valence-corrected chi connectivity index (χ0v) is 22.8. The zero-order chi connectivity index (χ0) is 30.8. The van der Waals surface area contributed by atoms with Crippen LogP contribution in [0.2, 0.25) is 0 Å². The molecule has 1 fully saturated rings. The third-order valence-electron chi connectivity index (χ3n) is 5.80. The lowest BCUT2D eigenvalue weighted by atomic mass is 10.1. The fraction of sp³-hybridized carbons (Fsp3) is 0.640. The van der Waals surface area contributed by atoms with Crippen LogP contribution in [0.4, 0.5) is 41.6 Å². The van der Waals surface area contributed by atoms with E-state index >= 15 is 0 Å². The number of halogens is 6. The Hall–Kier alpha value is -3.43. The van der Waals surface area contributed by atoms with Crippen LogP contribution in [0.15, 0.2) is 18.2 Å². The molecule has 0 spiro atoms. The van der Waals surface area contributed by atoms with Crippen LogP contribution in [-0.2, 0) is 30.3 Å². The Kier molecular flexibility index (Phi) is 12.3. The molecule has 10 nitrogen and oxygen atoms in total. The highest BCUT2D eigenvalue weighted by Crippen LogP contribution is 2.36. The first-order valence-corrected chi connectivity index (χ1v) is 12.8. The predicted octanol–water partition coefficient (Wildman–Crippen LogP) is 5.00. The zero-order valence-electron chi connectivity index (χ0n) is 22.8. The van der Waals surface area contributed by atoms with Crippen LogP contribution in [0, 0.1) is 6.92 Å². The Bertz CT molecular complexity index is 1020. The first-order valence-electron chi connectivity index (χ1n) is 12.8. The smallest absolute Gasteiger partial charge is 0.435 e. The molecule has 0 saturated carbocycles. The molecule has 1 aromatic carbocycles. The molecule has 1 N–H and O–H groups in total. The Balaban J connectivity index is 1.84. The number of hydrogen-bond donors (Lipinski definition) is 1. The molecule has 1 amide bonds. The topological polar surface area (TPSA) is 107 Å². The second-order valence-electron chi connectivity index (χ2n) is 9.16. The molecule has 2 rings (SSSR count). The van der Waals surface area contributed by atoms with Crippen LogP contribution in [-0.4, -0.2) is 92.1 Å². The number of nitrogens with zero attached hydrogens (tertiary/aromatic N) is 2. The summed E-state index contributed by atoms with van der Waals surface area (Å²) < 4.78 is 94.4. The summed E-state index contributed by atoms with van der Waals surface area (Å²) >= 11 is 0. The van der Waals surface area contributed by atoms with Gasteiger partial charge in [0.25, 0.3) is 6.10 Å². The number of esters is 1. The van der Waals surface area contributed by atoms with Gasteiger partial charge in [-0.3, -0.25) is 9.69 Å². The number of carbonyl (C=O) groups is 3. The van der Waals surface area contributed by atoms with Crippen LogP contribution < -0.4 is 5.32 Å². The fourth-order valence-corrected chi connectivity index (χ4v) is 3.83. The quantitative estimate of drug-likeness (QED) is 0.123. The molecular formula is C25H33F6N3O7. The molecule has 41 heavy (non-hydrogen) atoms. The van der Waals surface area contributed by atoms with E-state index in [1.165, 1.54) is 6.92 Å². The maximum Gasteiger partial charge on any atom is 0.511 e. The van der Waals surface area contributed by atoms with Gasteiger partial charge in [0.1, 0.15) is 0 Å². The fourth-order valence-electron chi connectivity index (χ4n) is 3.83. The Labute approximate surface area is 232 Å². The van der Waals surface area contributed by atoms with Crippen LogP contribution in [0.5, 0.6) is 0 Å². The van der Waals surface area contributed by atoms with Gasteiger partial charge in [-0.15, -0.1) is 0 Å². The number of ether oxygens (including phenoxy) is 4. The van der Waals surface area contributed by atoms with Crippen LogP contribution in [0.1, 0.15) is 37.8 Å². The van der Waals surface area contributed by atoms with E-state index in [-0.39, 0.29) is 39.2 Å². The third kappa shape index (κ3) is 11.5. The van der Waals surface area contributed by atoms with E-state index in [1.54, 1.807) is 6.92 Å². The minimum absolute atomic E-state index is 0.0479. The lowest BCUT2D eigenvalue weighted by molar-refractivity contribution is -0.308. The van der Waals surface area contributed by atoms with Gasteiger partial charge >= 0.3 is 30.6 Å². The Morgan fingerprint density at radius 3 is 2.20 bits per heavy atom. The number of piperazine rings is 1. The monoisotopic (exact) mass is 601 g/mol. The van der Waals surface area contributed by atoms with Gasteiger partial charge in [0, 0.05) is 58.3 Å². The highest BCUT2D eigenvalue weighted by Gasteiger charge is 2.60. The first kappa shape index (κ1) is 33.8. The normalized spacial score (nSPS) is 15.3. The van der Waals surface area contributed by atoms with Crippen molar-refractivity contribution >= 4 is 23.9 Å². The molecule has 16 heteroatoms. The molecule has 0 aromatic heterocycles. The van der Waals surface area contributed by atoms with E-state index in [0.29, 0.717) is 19.5 Å². The number of amides is 1. The average molecular weight is 602 g/mol. The van der Waals surface area contributed by atoms with Gasteiger partial charge in [-0.25, -0.2) is 9.59 Å². The van der Waals surface area contributed by atoms with Crippen molar-refractivity contribution in [3.63, 3.8) is 0 Å². The maximum atomic E-state index is 12.7. The summed E-state index contributed by atoms with van der Waals surface area (Å²) in [6, 6.07) is 5.65. The standard InChI is InChI=1S/C25H33F6N3O7/c1-4-38-23(37)40-17(3)39-20(35)6-5-9-32-19-14-16(2)7-8-18(19)15-33-10-12-34(13-11-33)22(36)41-21(24(26,27)28)25(29,30)31/h7-8,14,17,21,32H,4-6,9-13,15H2,1-3H3. The summed E-state index contributed by atoms with van der Waals surface area (Å²) in [5.41, 5.74) is 2.59. The Morgan fingerprint density at radius 1 is 0.976 bits per heavy atom. The number of anilines is 1. The molecule has 0 aliphatic carbocycles. The van der Waals surface area contributed by atoms with E-state index in [4.69, 9.17) is 9.47 Å². The summed E-state index contributed by atoms with van der Waals surface area (Å²) in [6.07, 6.45) is -19.0. The van der Waals surface area contributed by atoms with Crippen LogP contribution in [0.25, 0.3) is 0 Å². The van der Waals surface area contributed by atoms with Crippen molar-refractivity contribution in [2.75, 3.05) is 44.6 Å². The van der Waals surface area contributed by atoms with Crippen molar-refractivity contribution < 1.29 is 59.7 Å². The van der Waals surface area contributed by atoms with Crippen molar-refractivity contribution in [2.45, 2.75) is 64.9 Å². The average Bonchev–Trinajstić information content (AvgIpc) is 2.85. The predicted molar refractivity (Wildman–Crippen MR) is 132 cm³/mol. The number of alkyl halides is 6. The van der Waals surface area contributed by atoms with E-state index in [2.05, 4.69) is 14.8 Å². The van der Waals surface area contributed by atoms with Gasteiger partial charge in [0.05, 0.1) is 6.61 Å². The van der Waals surface area contributed by atoms with Crippen molar-refractivity contribution in [3.05, 3.63) is 29.3 Å². The minimum Gasteiger partial charge on any atom is -0.435 e. The summed E-state index contributed by atoms with van der Waals surface area (Å²) in [6.45, 7) is 5.95. The number of hydrogen-bond acceptors (Lipinski definition) is 9. The van der Waals surface area contributed by atoms with Gasteiger partial charge < -0.3 is 29.2 Å². The molecule has 1 heterocycles. The van der Waals surface area contributed by atoms with Crippen molar-refractivity contribution in [1.82, 2.24) is 9.80 Å². The highest BCUT2D eigenvalue weighted by atomic mass is 19.4. The molecular weight excluding hydrogens is 568 g/mol. The lowest BCUT2D eigenvalue weighted by Crippen LogP contribution is -2.52. The summed E-state index contributed by atoms with van der Waals surface area (Å²) in [4.78, 5) is 37.9.